The molecule has 0 rings (SSSR count). The monoisotopic (exact) mass is 201 g/mol. The van der Waals surface area contributed by atoms with E-state index in [0.29, 0.717) is 18.9 Å². The Kier molecular flexibility index (Phi) is 7.48. The maximum absolute atomic E-state index is 11.0. The molecule has 0 aromatic carbocycles. The summed E-state index contributed by atoms with van der Waals surface area (Å²) in [5, 5.41) is 0. The first kappa shape index (κ1) is 13.4. The van der Waals surface area contributed by atoms with Gasteiger partial charge in [-0.25, -0.2) is 0 Å². The summed E-state index contributed by atoms with van der Waals surface area (Å²) in [4.78, 5) is 11.0. The number of ether oxygens (including phenoxy) is 1. The highest BCUT2D eigenvalue weighted by atomic mass is 16.5. The van der Waals surface area contributed by atoms with E-state index >= 15 is 0 Å². The highest BCUT2D eigenvalue weighted by molar-refractivity contribution is 5.69. The highest BCUT2D eigenvalue weighted by Crippen LogP contribution is 2.11. The van der Waals surface area contributed by atoms with E-state index in [9.17, 15) is 4.79 Å². The van der Waals surface area contributed by atoms with Crippen molar-refractivity contribution in [3.63, 3.8) is 0 Å². The Balaban J connectivity index is 3.52. The molecule has 2 atom stereocenters. The maximum Gasteiger partial charge on any atom is 0.305 e. The van der Waals surface area contributed by atoms with E-state index < -0.39 is 0 Å². The van der Waals surface area contributed by atoms with Crippen LogP contribution < -0.4 is 5.73 Å². The molecule has 0 aliphatic rings. The fraction of sp³-hybridized carbons (Fsp3) is 0.909. The van der Waals surface area contributed by atoms with Gasteiger partial charge >= 0.3 is 5.97 Å². The van der Waals surface area contributed by atoms with Gasteiger partial charge in [0.25, 0.3) is 0 Å². The van der Waals surface area contributed by atoms with Crippen molar-refractivity contribution in [2.75, 3.05) is 6.61 Å². The molecule has 0 aromatic rings. The zero-order valence-corrected chi connectivity index (χ0v) is 9.58. The molecule has 0 saturated heterocycles. The normalized spacial score (nSPS) is 14.9. The maximum atomic E-state index is 11.0. The molecule has 0 amide bonds. The van der Waals surface area contributed by atoms with Gasteiger partial charge in [-0.1, -0.05) is 20.3 Å². The van der Waals surface area contributed by atoms with Crippen LogP contribution in [0, 0.1) is 5.92 Å². The van der Waals surface area contributed by atoms with E-state index in [-0.39, 0.29) is 12.0 Å². The van der Waals surface area contributed by atoms with Crippen LogP contribution in [0.15, 0.2) is 0 Å². The first-order valence-electron chi connectivity index (χ1n) is 5.51. The largest absolute Gasteiger partial charge is 0.466 e. The molecule has 84 valence electrons. The third-order valence-corrected chi connectivity index (χ3v) is 2.43. The number of rotatable bonds is 7. The smallest absolute Gasteiger partial charge is 0.305 e. The Bertz CT molecular complexity index is 159. The van der Waals surface area contributed by atoms with Gasteiger partial charge in [0.2, 0.25) is 0 Å². The van der Waals surface area contributed by atoms with Crippen molar-refractivity contribution in [1.29, 1.82) is 0 Å². The molecule has 14 heavy (non-hydrogen) atoms. The second-order valence-electron chi connectivity index (χ2n) is 3.85. The number of esters is 1. The summed E-state index contributed by atoms with van der Waals surface area (Å²) in [6, 6.07) is 0.134. The first-order chi connectivity index (χ1) is 6.60. The lowest BCUT2D eigenvalue weighted by Gasteiger charge is -2.15. The van der Waals surface area contributed by atoms with Crippen molar-refractivity contribution < 1.29 is 9.53 Å². The first-order valence-corrected chi connectivity index (χ1v) is 5.51. The average Bonchev–Trinajstić information content (AvgIpc) is 2.15. The lowest BCUT2D eigenvalue weighted by atomic mass is 9.97. The molecule has 2 unspecified atom stereocenters. The highest BCUT2D eigenvalue weighted by Gasteiger charge is 2.10. The predicted octanol–water partition coefficient (Wildman–Crippen LogP) is 2.09. The summed E-state index contributed by atoms with van der Waals surface area (Å²) >= 11 is 0. The molecule has 0 aromatic heterocycles. The van der Waals surface area contributed by atoms with Crippen LogP contribution in [-0.2, 0) is 9.53 Å². The average molecular weight is 201 g/mol. The molecule has 0 aliphatic heterocycles. The van der Waals surface area contributed by atoms with E-state index in [0.717, 1.165) is 19.3 Å². The van der Waals surface area contributed by atoms with Gasteiger partial charge in [-0.2, -0.15) is 0 Å². The van der Waals surface area contributed by atoms with Gasteiger partial charge in [0, 0.05) is 12.5 Å². The Hall–Kier alpha value is -0.570. The van der Waals surface area contributed by atoms with E-state index in [2.05, 4.69) is 13.8 Å². The zero-order valence-electron chi connectivity index (χ0n) is 9.58. The van der Waals surface area contributed by atoms with Crippen molar-refractivity contribution in [2.24, 2.45) is 11.7 Å². The molecule has 0 saturated carbocycles. The van der Waals surface area contributed by atoms with Crippen LogP contribution in [-0.4, -0.2) is 18.6 Å². The van der Waals surface area contributed by atoms with Crippen LogP contribution in [0.5, 0.6) is 0 Å². The predicted molar refractivity (Wildman–Crippen MR) is 57.9 cm³/mol. The fourth-order valence-corrected chi connectivity index (χ4v) is 1.34. The van der Waals surface area contributed by atoms with E-state index in [4.69, 9.17) is 10.5 Å². The second-order valence-corrected chi connectivity index (χ2v) is 3.85. The van der Waals surface area contributed by atoms with Crippen LogP contribution >= 0.6 is 0 Å². The van der Waals surface area contributed by atoms with Gasteiger partial charge in [-0.3, -0.25) is 4.79 Å². The topological polar surface area (TPSA) is 52.3 Å². The molecule has 0 heterocycles. The zero-order chi connectivity index (χ0) is 11.0. The molecular weight excluding hydrogens is 178 g/mol. The van der Waals surface area contributed by atoms with E-state index in [1.54, 1.807) is 0 Å². The van der Waals surface area contributed by atoms with Crippen LogP contribution in [0.25, 0.3) is 0 Å². The van der Waals surface area contributed by atoms with E-state index in [1.165, 1.54) is 0 Å². The quantitative estimate of drug-likeness (QED) is 0.642. The van der Waals surface area contributed by atoms with Gasteiger partial charge < -0.3 is 10.5 Å². The Morgan fingerprint density at radius 2 is 2.07 bits per heavy atom. The molecular formula is C11H23NO2. The van der Waals surface area contributed by atoms with Crippen molar-refractivity contribution in [1.82, 2.24) is 0 Å². The molecule has 0 radical (unpaired) electrons. The Morgan fingerprint density at radius 1 is 1.43 bits per heavy atom. The fourth-order valence-electron chi connectivity index (χ4n) is 1.34. The Morgan fingerprint density at radius 3 is 2.57 bits per heavy atom. The van der Waals surface area contributed by atoms with Crippen LogP contribution in [0.1, 0.15) is 46.5 Å². The molecule has 2 N–H and O–H groups in total. The summed E-state index contributed by atoms with van der Waals surface area (Å²) in [6.45, 7) is 6.61. The summed E-state index contributed by atoms with van der Waals surface area (Å²) in [7, 11) is 0. The summed E-state index contributed by atoms with van der Waals surface area (Å²) in [5.41, 5.74) is 5.89. The van der Waals surface area contributed by atoms with Crippen LogP contribution in [0.2, 0.25) is 0 Å². The van der Waals surface area contributed by atoms with Crippen molar-refractivity contribution in [3.05, 3.63) is 0 Å². The Labute approximate surface area is 87.0 Å². The molecule has 3 nitrogen and oxygen atoms in total. The number of hydrogen-bond donors (Lipinski definition) is 1. The third-order valence-electron chi connectivity index (χ3n) is 2.43. The number of hydrogen-bond acceptors (Lipinski definition) is 3. The molecule has 3 heteroatoms. The molecule has 0 fully saturated rings. The third kappa shape index (κ3) is 6.89. The van der Waals surface area contributed by atoms with Gasteiger partial charge in [-0.05, 0) is 25.7 Å². The van der Waals surface area contributed by atoms with Crippen LogP contribution in [0.4, 0.5) is 0 Å². The minimum atomic E-state index is -0.132. The lowest BCUT2D eigenvalue weighted by Crippen LogP contribution is -2.24. The van der Waals surface area contributed by atoms with Crippen molar-refractivity contribution in [2.45, 2.75) is 52.5 Å². The number of carbonyl (C=O) groups excluding carboxylic acids is 1. The minimum absolute atomic E-state index is 0.132. The summed E-state index contributed by atoms with van der Waals surface area (Å²) in [6.07, 6.45) is 3.33. The summed E-state index contributed by atoms with van der Waals surface area (Å²) < 4.78 is 4.83. The standard InChI is InChI=1S/C11H23NO2/c1-4-9(3)8-10(12)6-7-11(13)14-5-2/h9-10H,4-8,12H2,1-3H3. The van der Waals surface area contributed by atoms with Gasteiger partial charge in [0.1, 0.15) is 0 Å². The van der Waals surface area contributed by atoms with Gasteiger partial charge in [0.05, 0.1) is 6.61 Å². The SMILES string of the molecule is CCOC(=O)CCC(N)CC(C)CC. The van der Waals surface area contributed by atoms with Crippen molar-refractivity contribution in [3.8, 4) is 0 Å². The summed E-state index contributed by atoms with van der Waals surface area (Å²) in [5.74, 6) is 0.513. The minimum Gasteiger partial charge on any atom is -0.466 e. The number of nitrogens with two attached hydrogens (primary N) is 1. The molecule has 0 bridgehead atoms. The van der Waals surface area contributed by atoms with Crippen molar-refractivity contribution >= 4 is 5.97 Å². The van der Waals surface area contributed by atoms with Crippen LogP contribution in [0.3, 0.4) is 0 Å². The lowest BCUT2D eigenvalue weighted by molar-refractivity contribution is -0.143. The molecule has 0 spiro atoms. The number of carbonyl (C=O) groups is 1. The van der Waals surface area contributed by atoms with Gasteiger partial charge in [0.15, 0.2) is 0 Å². The molecule has 0 aliphatic carbocycles. The van der Waals surface area contributed by atoms with E-state index in [1.807, 2.05) is 6.92 Å². The second kappa shape index (κ2) is 7.80. The van der Waals surface area contributed by atoms with Gasteiger partial charge in [-0.15, -0.1) is 0 Å².